The summed E-state index contributed by atoms with van der Waals surface area (Å²) in [5, 5.41) is 5.53. The zero-order valence-corrected chi connectivity index (χ0v) is 7.74. The Hall–Kier alpha value is -1.58. The molecule has 1 rings (SSSR count). The lowest BCUT2D eigenvalue weighted by Gasteiger charge is -2.11. The minimum Gasteiger partial charge on any atom is -0.359 e. The molecular formula is C9H13N3O. The number of hydrogen-bond acceptors (Lipinski definition) is 3. The summed E-state index contributed by atoms with van der Waals surface area (Å²) in [7, 11) is 1.61. The van der Waals surface area contributed by atoms with Gasteiger partial charge in [0.15, 0.2) is 0 Å². The molecule has 0 bridgehead atoms. The molecule has 0 aromatic carbocycles. The van der Waals surface area contributed by atoms with Crippen molar-refractivity contribution < 1.29 is 4.79 Å². The lowest BCUT2D eigenvalue weighted by atomic mass is 10.3. The van der Waals surface area contributed by atoms with Crippen molar-refractivity contribution in [1.29, 1.82) is 0 Å². The first-order chi connectivity index (χ1) is 6.24. The second kappa shape index (κ2) is 4.45. The number of anilines is 1. The number of carbonyl (C=O) groups is 1. The smallest absolute Gasteiger partial charge is 0.241 e. The Morgan fingerprint density at radius 1 is 1.54 bits per heavy atom. The molecule has 1 aromatic heterocycles. The number of likely N-dealkylation sites (N-methyl/N-ethyl adjacent to an activating group) is 1. The van der Waals surface area contributed by atoms with Crippen LogP contribution in [-0.2, 0) is 4.79 Å². The summed E-state index contributed by atoms with van der Waals surface area (Å²) in [6.07, 6.45) is 1.68. The fourth-order valence-electron chi connectivity index (χ4n) is 0.952. The Bertz CT molecular complexity index is 273. The summed E-state index contributed by atoms with van der Waals surface area (Å²) in [4.78, 5) is 15.2. The van der Waals surface area contributed by atoms with Gasteiger partial charge in [-0.15, -0.1) is 0 Å². The third kappa shape index (κ3) is 2.74. The van der Waals surface area contributed by atoms with Gasteiger partial charge in [-0.3, -0.25) is 4.79 Å². The van der Waals surface area contributed by atoms with E-state index >= 15 is 0 Å². The molecule has 1 amide bonds. The predicted molar refractivity (Wildman–Crippen MR) is 51.4 cm³/mol. The van der Waals surface area contributed by atoms with E-state index in [1.54, 1.807) is 20.2 Å². The highest BCUT2D eigenvalue weighted by Crippen LogP contribution is 2.01. The van der Waals surface area contributed by atoms with Crippen LogP contribution >= 0.6 is 0 Å². The molecule has 1 heterocycles. The Kier molecular flexibility index (Phi) is 3.25. The lowest BCUT2D eigenvalue weighted by molar-refractivity contribution is -0.121. The fraction of sp³-hybridized carbons (Fsp3) is 0.333. The van der Waals surface area contributed by atoms with Crippen LogP contribution in [0.2, 0.25) is 0 Å². The summed E-state index contributed by atoms with van der Waals surface area (Å²) >= 11 is 0. The van der Waals surface area contributed by atoms with E-state index in [0.717, 1.165) is 0 Å². The van der Waals surface area contributed by atoms with Crippen molar-refractivity contribution in [2.45, 2.75) is 13.0 Å². The lowest BCUT2D eigenvalue weighted by Crippen LogP contribution is -2.35. The third-order valence-electron chi connectivity index (χ3n) is 1.67. The first kappa shape index (κ1) is 9.51. The van der Waals surface area contributed by atoms with Crippen LogP contribution in [0, 0.1) is 0 Å². The average molecular weight is 179 g/mol. The first-order valence-corrected chi connectivity index (χ1v) is 4.13. The number of hydrogen-bond donors (Lipinski definition) is 2. The first-order valence-electron chi connectivity index (χ1n) is 4.13. The summed E-state index contributed by atoms with van der Waals surface area (Å²) in [6.45, 7) is 1.79. The van der Waals surface area contributed by atoms with Gasteiger partial charge in [-0.1, -0.05) is 6.07 Å². The van der Waals surface area contributed by atoms with Crippen molar-refractivity contribution in [3.63, 3.8) is 0 Å². The van der Waals surface area contributed by atoms with Gasteiger partial charge >= 0.3 is 0 Å². The largest absolute Gasteiger partial charge is 0.359 e. The van der Waals surface area contributed by atoms with E-state index < -0.39 is 0 Å². The Morgan fingerprint density at radius 3 is 2.85 bits per heavy atom. The minimum absolute atomic E-state index is 0.0503. The van der Waals surface area contributed by atoms with E-state index in [-0.39, 0.29) is 11.9 Å². The van der Waals surface area contributed by atoms with Gasteiger partial charge in [0, 0.05) is 13.2 Å². The maximum Gasteiger partial charge on any atom is 0.241 e. The van der Waals surface area contributed by atoms with E-state index in [4.69, 9.17) is 0 Å². The monoisotopic (exact) mass is 179 g/mol. The Morgan fingerprint density at radius 2 is 2.31 bits per heavy atom. The molecule has 0 fully saturated rings. The quantitative estimate of drug-likeness (QED) is 0.715. The summed E-state index contributed by atoms with van der Waals surface area (Å²) < 4.78 is 0. The van der Waals surface area contributed by atoms with Crippen molar-refractivity contribution in [3.05, 3.63) is 24.4 Å². The molecule has 4 nitrogen and oxygen atoms in total. The zero-order chi connectivity index (χ0) is 9.68. The summed E-state index contributed by atoms with van der Waals surface area (Å²) in [6, 6.07) is 5.25. The molecule has 0 aliphatic carbocycles. The van der Waals surface area contributed by atoms with Crippen LogP contribution in [-0.4, -0.2) is 24.0 Å². The van der Waals surface area contributed by atoms with E-state index in [2.05, 4.69) is 15.6 Å². The molecule has 0 saturated carbocycles. The molecule has 4 heteroatoms. The van der Waals surface area contributed by atoms with Gasteiger partial charge in [0.2, 0.25) is 5.91 Å². The molecule has 0 aliphatic heterocycles. The molecule has 1 atom stereocenters. The van der Waals surface area contributed by atoms with E-state index in [1.165, 1.54) is 0 Å². The Balaban J connectivity index is 2.55. The standard InChI is InChI=1S/C9H13N3O/c1-7(9(13)10-2)12-8-5-3-4-6-11-8/h3-7H,1-2H3,(H,10,13)(H,11,12). The molecule has 1 unspecified atom stereocenters. The second-order valence-corrected chi connectivity index (χ2v) is 2.70. The molecular weight excluding hydrogens is 166 g/mol. The highest BCUT2D eigenvalue weighted by molar-refractivity contribution is 5.83. The molecule has 0 radical (unpaired) electrons. The number of nitrogens with one attached hydrogen (secondary N) is 2. The van der Waals surface area contributed by atoms with Crippen molar-refractivity contribution in [1.82, 2.24) is 10.3 Å². The Labute approximate surface area is 77.4 Å². The number of rotatable bonds is 3. The van der Waals surface area contributed by atoms with Crippen molar-refractivity contribution in [2.75, 3.05) is 12.4 Å². The third-order valence-corrected chi connectivity index (χ3v) is 1.67. The molecule has 0 aliphatic rings. The van der Waals surface area contributed by atoms with Gasteiger partial charge in [0.1, 0.15) is 11.9 Å². The molecule has 0 spiro atoms. The SMILES string of the molecule is CNC(=O)C(C)Nc1ccccn1. The summed E-state index contributed by atoms with van der Waals surface area (Å²) in [5.74, 6) is 0.657. The van der Waals surface area contributed by atoms with Crippen LogP contribution in [0.3, 0.4) is 0 Å². The van der Waals surface area contributed by atoms with Crippen molar-refractivity contribution in [2.24, 2.45) is 0 Å². The van der Waals surface area contributed by atoms with Gasteiger partial charge in [0.05, 0.1) is 0 Å². The number of carbonyl (C=O) groups excluding carboxylic acids is 1. The van der Waals surface area contributed by atoms with Crippen LogP contribution < -0.4 is 10.6 Å². The van der Waals surface area contributed by atoms with Crippen molar-refractivity contribution in [3.8, 4) is 0 Å². The number of pyridine rings is 1. The predicted octanol–water partition coefficient (Wildman–Crippen LogP) is 0.628. The maximum absolute atomic E-state index is 11.1. The van der Waals surface area contributed by atoms with Gasteiger partial charge < -0.3 is 10.6 Å². The molecule has 70 valence electrons. The van der Waals surface area contributed by atoms with Crippen molar-refractivity contribution >= 4 is 11.7 Å². The van der Waals surface area contributed by atoms with Crippen LogP contribution in [0.1, 0.15) is 6.92 Å². The van der Waals surface area contributed by atoms with Gasteiger partial charge in [-0.25, -0.2) is 4.98 Å². The molecule has 0 saturated heterocycles. The number of amides is 1. The summed E-state index contributed by atoms with van der Waals surface area (Å²) in [5.41, 5.74) is 0. The van der Waals surface area contributed by atoms with E-state index in [9.17, 15) is 4.79 Å². The van der Waals surface area contributed by atoms with Gasteiger partial charge in [0.25, 0.3) is 0 Å². The normalized spacial score (nSPS) is 11.8. The minimum atomic E-state index is -0.264. The zero-order valence-electron chi connectivity index (χ0n) is 7.74. The van der Waals surface area contributed by atoms with E-state index in [0.29, 0.717) is 5.82 Å². The van der Waals surface area contributed by atoms with Gasteiger partial charge in [-0.05, 0) is 19.1 Å². The number of nitrogens with zero attached hydrogens (tertiary/aromatic N) is 1. The molecule has 2 N–H and O–H groups in total. The van der Waals surface area contributed by atoms with Crippen LogP contribution in [0.4, 0.5) is 5.82 Å². The molecule has 13 heavy (non-hydrogen) atoms. The highest BCUT2D eigenvalue weighted by Gasteiger charge is 2.09. The van der Waals surface area contributed by atoms with E-state index in [1.807, 2.05) is 18.2 Å². The maximum atomic E-state index is 11.1. The topological polar surface area (TPSA) is 54.0 Å². The number of aromatic nitrogens is 1. The van der Waals surface area contributed by atoms with Gasteiger partial charge in [-0.2, -0.15) is 0 Å². The van der Waals surface area contributed by atoms with Crippen LogP contribution in [0.15, 0.2) is 24.4 Å². The average Bonchev–Trinajstić information content (AvgIpc) is 2.18. The fourth-order valence-corrected chi connectivity index (χ4v) is 0.952. The highest BCUT2D eigenvalue weighted by atomic mass is 16.2. The molecule has 1 aromatic rings. The van der Waals surface area contributed by atoms with Crippen LogP contribution in [0.25, 0.3) is 0 Å². The second-order valence-electron chi connectivity index (χ2n) is 2.70. The van der Waals surface area contributed by atoms with Crippen LogP contribution in [0.5, 0.6) is 0 Å².